The maximum Gasteiger partial charge on any atom is 0.166 e. The summed E-state index contributed by atoms with van der Waals surface area (Å²) in [6.45, 7) is 2.61. The first-order valence-electron chi connectivity index (χ1n) is 3.12. The van der Waals surface area contributed by atoms with Crippen LogP contribution in [0.4, 0.5) is 0 Å². The van der Waals surface area contributed by atoms with Crippen LogP contribution in [0, 0.1) is 12.7 Å². The van der Waals surface area contributed by atoms with Crippen molar-refractivity contribution in [3.63, 3.8) is 0 Å². The third-order valence-electron chi connectivity index (χ3n) is 0.867. The van der Waals surface area contributed by atoms with Gasteiger partial charge in [0.25, 0.3) is 0 Å². The minimum atomic E-state index is 0. The number of rotatable bonds is 4. The van der Waals surface area contributed by atoms with Gasteiger partial charge in [-0.15, -0.1) is 0 Å². The number of aromatic nitrogens is 3. The van der Waals surface area contributed by atoms with Crippen molar-refractivity contribution < 1.29 is 108 Å². The molecule has 0 fully saturated rings. The average molecular weight is 420 g/mol. The largest absolute Gasteiger partial charge is 0.556 e. The minimum absolute atomic E-state index is 0. The zero-order valence-electron chi connectivity index (χ0n) is 7.80. The van der Waals surface area contributed by atoms with Crippen LogP contribution in [0.1, 0.15) is 6.92 Å². The quantitative estimate of drug-likeness (QED) is 0.385. The molecule has 0 amide bonds. The Morgan fingerprint density at radius 1 is 1.14 bits per heavy atom. The summed E-state index contributed by atoms with van der Waals surface area (Å²) >= 11 is 0. The summed E-state index contributed by atoms with van der Waals surface area (Å²) in [6.07, 6.45) is 4.58. The van der Waals surface area contributed by atoms with Crippen molar-refractivity contribution in [2.24, 2.45) is 0 Å². The van der Waals surface area contributed by atoms with E-state index in [-0.39, 0.29) is 111 Å². The zero-order chi connectivity index (χ0) is 7.94. The van der Waals surface area contributed by atoms with Crippen molar-refractivity contribution in [2.75, 3.05) is 13.4 Å². The summed E-state index contributed by atoms with van der Waals surface area (Å²) < 4.78 is 9.79. The van der Waals surface area contributed by atoms with Crippen LogP contribution in [0.25, 0.3) is 0 Å². The molecule has 69 valence electrons. The second kappa shape index (κ2) is 15.1. The molecule has 0 N–H and O–H groups in total. The van der Waals surface area contributed by atoms with Crippen LogP contribution in [-0.2, 0) is 103 Å². The summed E-state index contributed by atoms with van der Waals surface area (Å²) in [5, 5.41) is 0. The molecule has 0 saturated heterocycles. The Morgan fingerprint density at radius 2 is 1.71 bits per heavy atom. The standard InChI is InChI=1S/C6H7N3O2.3Y/c1-2-10-5-11-6-8-3-7-4-9-6;;;/h2,5H2,1H3;;;/q-2;;;. The Labute approximate surface area is 159 Å². The molecule has 1 rings (SSSR count). The Kier molecular flexibility index (Phi) is 23.0. The van der Waals surface area contributed by atoms with Gasteiger partial charge >= 0.3 is 0 Å². The molecular weight excluding hydrogens is 413 g/mol. The second-order valence-electron chi connectivity index (χ2n) is 1.57. The fraction of sp³-hybridized carbons (Fsp3) is 0.500. The van der Waals surface area contributed by atoms with E-state index in [0.29, 0.717) is 6.61 Å². The molecule has 0 bridgehead atoms. The molecule has 0 aliphatic heterocycles. The monoisotopic (exact) mass is 420 g/mol. The van der Waals surface area contributed by atoms with Gasteiger partial charge < -0.3 is 24.4 Å². The van der Waals surface area contributed by atoms with Crippen molar-refractivity contribution in [2.45, 2.75) is 6.92 Å². The van der Waals surface area contributed by atoms with Crippen molar-refractivity contribution in [3.8, 4) is 6.01 Å². The van der Waals surface area contributed by atoms with Crippen LogP contribution < -0.4 is 4.74 Å². The first-order valence-corrected chi connectivity index (χ1v) is 3.12. The van der Waals surface area contributed by atoms with Crippen molar-refractivity contribution in [1.29, 1.82) is 0 Å². The number of ether oxygens (including phenoxy) is 2. The van der Waals surface area contributed by atoms with Gasteiger partial charge in [0.05, 0.1) is 6.01 Å². The van der Waals surface area contributed by atoms with Gasteiger partial charge in [0.1, 0.15) is 0 Å². The molecule has 5 nitrogen and oxygen atoms in total. The third-order valence-corrected chi connectivity index (χ3v) is 0.867. The molecular formula is C6H7N3O2Y3-2. The zero-order valence-corrected chi connectivity index (χ0v) is 16.3. The van der Waals surface area contributed by atoms with Crippen molar-refractivity contribution in [3.05, 3.63) is 12.7 Å². The Bertz CT molecular complexity index is 203. The molecule has 0 atom stereocenters. The summed E-state index contributed by atoms with van der Waals surface area (Å²) in [7, 11) is 0. The normalized spacial score (nSPS) is 7.50. The molecule has 0 saturated carbocycles. The van der Waals surface area contributed by atoms with Gasteiger partial charge in [-0.2, -0.15) is 12.7 Å². The van der Waals surface area contributed by atoms with Crippen LogP contribution in [0.3, 0.4) is 0 Å². The Morgan fingerprint density at radius 3 is 2.21 bits per heavy atom. The predicted molar refractivity (Wildman–Crippen MR) is 34.6 cm³/mol. The van der Waals surface area contributed by atoms with E-state index in [4.69, 9.17) is 9.47 Å². The van der Waals surface area contributed by atoms with Gasteiger partial charge in [0.15, 0.2) is 6.79 Å². The van der Waals surface area contributed by atoms with E-state index in [1.54, 1.807) is 0 Å². The summed E-state index contributed by atoms with van der Waals surface area (Å²) in [5.41, 5.74) is 0. The van der Waals surface area contributed by atoms with Crippen molar-refractivity contribution >= 4 is 0 Å². The minimum Gasteiger partial charge on any atom is -0.556 e. The first-order chi connectivity index (χ1) is 5.43. The molecule has 0 aliphatic rings. The molecule has 0 spiro atoms. The first kappa shape index (κ1) is 21.4. The molecule has 14 heavy (non-hydrogen) atoms. The fourth-order valence-corrected chi connectivity index (χ4v) is 0.425. The van der Waals surface area contributed by atoms with E-state index >= 15 is 0 Å². The van der Waals surface area contributed by atoms with Gasteiger partial charge in [-0.05, 0) is 6.92 Å². The van der Waals surface area contributed by atoms with Crippen LogP contribution >= 0.6 is 0 Å². The molecule has 1 heterocycles. The Balaban J connectivity index is -0.000000403. The van der Waals surface area contributed by atoms with E-state index in [9.17, 15) is 0 Å². The topological polar surface area (TPSA) is 57.1 Å². The summed E-state index contributed by atoms with van der Waals surface area (Å²) in [5.74, 6) is 0. The molecule has 1 aromatic heterocycles. The maximum atomic E-state index is 4.90. The Hall–Kier alpha value is 2.08. The average Bonchev–Trinajstić information content (AvgIpc) is 2.07. The molecule has 1 aromatic rings. The molecule has 0 aromatic carbocycles. The van der Waals surface area contributed by atoms with E-state index < -0.39 is 0 Å². The molecule has 0 unspecified atom stereocenters. The van der Waals surface area contributed by atoms with E-state index in [2.05, 4.69) is 27.6 Å². The van der Waals surface area contributed by atoms with Gasteiger partial charge in [-0.3, -0.25) is 0 Å². The maximum absolute atomic E-state index is 4.90. The SMILES string of the molecule is CCOCOc1n[c-]n[c-]n1.[Y].[Y].[Y]. The predicted octanol–water partition coefficient (Wildman–Crippen LogP) is -0.163. The fourth-order valence-electron chi connectivity index (χ4n) is 0.425. The van der Waals surface area contributed by atoms with Crippen LogP contribution in [-0.4, -0.2) is 28.4 Å². The van der Waals surface area contributed by atoms with E-state index in [1.807, 2.05) is 6.92 Å². The van der Waals surface area contributed by atoms with Gasteiger partial charge in [0, 0.05) is 105 Å². The van der Waals surface area contributed by atoms with E-state index in [1.165, 1.54) is 0 Å². The van der Waals surface area contributed by atoms with Crippen LogP contribution in [0.15, 0.2) is 0 Å². The van der Waals surface area contributed by atoms with Crippen LogP contribution in [0.5, 0.6) is 6.01 Å². The van der Waals surface area contributed by atoms with Crippen molar-refractivity contribution in [1.82, 2.24) is 15.0 Å². The van der Waals surface area contributed by atoms with Gasteiger partial charge in [-0.1, -0.05) is 0 Å². The number of nitrogens with zero attached hydrogens (tertiary/aromatic N) is 3. The summed E-state index contributed by atoms with van der Waals surface area (Å²) in [4.78, 5) is 10.5. The molecule has 8 heteroatoms. The second-order valence-corrected chi connectivity index (χ2v) is 1.57. The van der Waals surface area contributed by atoms with Gasteiger partial charge in [-0.25, -0.2) is 0 Å². The molecule has 0 aliphatic carbocycles. The van der Waals surface area contributed by atoms with E-state index in [0.717, 1.165) is 0 Å². The number of hydrogen-bond donors (Lipinski definition) is 0. The third kappa shape index (κ3) is 10.6. The number of hydrogen-bond acceptors (Lipinski definition) is 5. The van der Waals surface area contributed by atoms with Crippen LogP contribution in [0.2, 0.25) is 0 Å². The molecule has 3 radical (unpaired) electrons. The summed E-state index contributed by atoms with van der Waals surface area (Å²) in [6, 6.07) is 0.174. The van der Waals surface area contributed by atoms with Gasteiger partial charge in [0.2, 0.25) is 0 Å². The smallest absolute Gasteiger partial charge is 0.166 e.